The summed E-state index contributed by atoms with van der Waals surface area (Å²) in [5, 5.41) is 3.35. The summed E-state index contributed by atoms with van der Waals surface area (Å²) in [4.78, 5) is 0. The van der Waals surface area contributed by atoms with Gasteiger partial charge in [-0.1, -0.05) is 26.0 Å². The first-order valence-electron chi connectivity index (χ1n) is 6.23. The van der Waals surface area contributed by atoms with Crippen LogP contribution in [0.15, 0.2) is 18.2 Å². The Labute approximate surface area is 102 Å². The summed E-state index contributed by atoms with van der Waals surface area (Å²) >= 11 is 0. The van der Waals surface area contributed by atoms with E-state index < -0.39 is 11.6 Å². The van der Waals surface area contributed by atoms with Crippen molar-refractivity contribution in [1.82, 2.24) is 5.32 Å². The molecule has 0 aliphatic heterocycles. The number of rotatable bonds is 6. The van der Waals surface area contributed by atoms with Crippen LogP contribution in [0.4, 0.5) is 8.78 Å². The van der Waals surface area contributed by atoms with E-state index in [-0.39, 0.29) is 5.92 Å². The topological polar surface area (TPSA) is 12.0 Å². The zero-order valence-corrected chi connectivity index (χ0v) is 10.8. The van der Waals surface area contributed by atoms with Crippen molar-refractivity contribution >= 4 is 0 Å². The van der Waals surface area contributed by atoms with E-state index in [0.29, 0.717) is 11.6 Å². The molecule has 0 aliphatic rings. The Balaban J connectivity index is 2.63. The number of benzene rings is 1. The lowest BCUT2D eigenvalue weighted by Gasteiger charge is -2.19. The van der Waals surface area contributed by atoms with Gasteiger partial charge in [0.25, 0.3) is 0 Å². The highest BCUT2D eigenvalue weighted by Gasteiger charge is 2.16. The Kier molecular flexibility index (Phi) is 5.56. The predicted molar refractivity (Wildman–Crippen MR) is 67.1 cm³/mol. The molecule has 2 unspecified atom stereocenters. The molecule has 0 heterocycles. The molecule has 96 valence electrons. The van der Waals surface area contributed by atoms with Crippen LogP contribution >= 0.6 is 0 Å². The lowest BCUT2D eigenvalue weighted by molar-refractivity contribution is 0.452. The highest BCUT2D eigenvalue weighted by Crippen LogP contribution is 2.24. The fourth-order valence-corrected chi connectivity index (χ4v) is 2.03. The first-order chi connectivity index (χ1) is 8.06. The van der Waals surface area contributed by atoms with Crippen LogP contribution in [0.5, 0.6) is 0 Å². The van der Waals surface area contributed by atoms with E-state index in [2.05, 4.69) is 19.2 Å². The molecule has 0 spiro atoms. The molecule has 0 saturated heterocycles. The first kappa shape index (κ1) is 14.1. The average Bonchev–Trinajstić information content (AvgIpc) is 2.29. The Morgan fingerprint density at radius 1 is 1.24 bits per heavy atom. The Hall–Kier alpha value is -0.960. The van der Waals surface area contributed by atoms with Crippen molar-refractivity contribution in [2.75, 3.05) is 6.54 Å². The Bertz CT molecular complexity index is 352. The molecule has 2 atom stereocenters. The van der Waals surface area contributed by atoms with Crippen LogP contribution in [-0.4, -0.2) is 12.6 Å². The van der Waals surface area contributed by atoms with Crippen LogP contribution in [0.3, 0.4) is 0 Å². The molecule has 1 aromatic carbocycles. The molecule has 0 saturated carbocycles. The van der Waals surface area contributed by atoms with Gasteiger partial charge >= 0.3 is 0 Å². The molecule has 0 radical (unpaired) electrons. The fourth-order valence-electron chi connectivity index (χ4n) is 2.03. The van der Waals surface area contributed by atoms with Gasteiger partial charge in [0.15, 0.2) is 11.6 Å². The van der Waals surface area contributed by atoms with Gasteiger partial charge in [0, 0.05) is 6.04 Å². The minimum atomic E-state index is -0.761. The maximum absolute atomic E-state index is 13.6. The number of hydrogen-bond donors (Lipinski definition) is 1. The van der Waals surface area contributed by atoms with Crippen molar-refractivity contribution in [2.45, 2.75) is 45.6 Å². The molecule has 0 amide bonds. The second kappa shape index (κ2) is 6.70. The van der Waals surface area contributed by atoms with E-state index in [1.165, 1.54) is 0 Å². The summed E-state index contributed by atoms with van der Waals surface area (Å²) in [5.41, 5.74) is 0.468. The van der Waals surface area contributed by atoms with Crippen molar-refractivity contribution in [3.63, 3.8) is 0 Å². The molecule has 1 rings (SSSR count). The zero-order chi connectivity index (χ0) is 12.8. The van der Waals surface area contributed by atoms with Crippen LogP contribution in [0.25, 0.3) is 0 Å². The van der Waals surface area contributed by atoms with Gasteiger partial charge in [-0.25, -0.2) is 8.78 Å². The van der Waals surface area contributed by atoms with Gasteiger partial charge in [-0.2, -0.15) is 0 Å². The fraction of sp³-hybridized carbons (Fsp3) is 0.571. The molecular formula is C14H21F2N. The number of nitrogens with one attached hydrogen (secondary N) is 1. The van der Waals surface area contributed by atoms with Gasteiger partial charge in [0.1, 0.15) is 0 Å². The molecule has 1 aromatic rings. The molecule has 1 nitrogen and oxygen atoms in total. The highest BCUT2D eigenvalue weighted by molar-refractivity contribution is 5.22. The third-order valence-corrected chi connectivity index (χ3v) is 2.96. The highest BCUT2D eigenvalue weighted by atomic mass is 19.2. The molecule has 0 aromatic heterocycles. The maximum atomic E-state index is 13.6. The second-order valence-corrected chi connectivity index (χ2v) is 4.63. The van der Waals surface area contributed by atoms with E-state index in [4.69, 9.17) is 0 Å². The first-order valence-corrected chi connectivity index (χ1v) is 6.23. The Morgan fingerprint density at radius 3 is 2.59 bits per heavy atom. The molecule has 0 bridgehead atoms. The largest absolute Gasteiger partial charge is 0.314 e. The molecule has 17 heavy (non-hydrogen) atoms. The van der Waals surface area contributed by atoms with Gasteiger partial charge < -0.3 is 5.32 Å². The molecular weight excluding hydrogens is 220 g/mol. The minimum Gasteiger partial charge on any atom is -0.314 e. The van der Waals surface area contributed by atoms with Crippen LogP contribution in [0.1, 0.15) is 45.1 Å². The molecule has 3 heteroatoms. The monoisotopic (exact) mass is 241 g/mol. The summed E-state index contributed by atoms with van der Waals surface area (Å²) in [6.07, 6.45) is 1.88. The van der Waals surface area contributed by atoms with Gasteiger partial charge in [-0.15, -0.1) is 0 Å². The van der Waals surface area contributed by atoms with Crippen LogP contribution in [-0.2, 0) is 0 Å². The van der Waals surface area contributed by atoms with Gasteiger partial charge in [0.2, 0.25) is 0 Å². The minimum absolute atomic E-state index is 0.0186. The van der Waals surface area contributed by atoms with Gasteiger partial charge in [-0.3, -0.25) is 0 Å². The SMILES string of the molecule is CCCNC(C)CC(C)c1cccc(F)c1F. The number of hydrogen-bond acceptors (Lipinski definition) is 1. The van der Waals surface area contributed by atoms with Crippen molar-refractivity contribution in [3.05, 3.63) is 35.4 Å². The second-order valence-electron chi connectivity index (χ2n) is 4.63. The standard InChI is InChI=1S/C14H21F2N/c1-4-8-17-11(3)9-10(2)12-6-5-7-13(15)14(12)16/h5-7,10-11,17H,4,8-9H2,1-3H3. The van der Waals surface area contributed by atoms with Gasteiger partial charge in [-0.05, 0) is 43.9 Å². The van der Waals surface area contributed by atoms with Crippen molar-refractivity contribution < 1.29 is 8.78 Å². The summed E-state index contributed by atoms with van der Waals surface area (Å²) in [7, 11) is 0. The van der Waals surface area contributed by atoms with E-state index in [0.717, 1.165) is 25.5 Å². The molecule has 1 N–H and O–H groups in total. The van der Waals surface area contributed by atoms with Crippen LogP contribution < -0.4 is 5.32 Å². The lowest BCUT2D eigenvalue weighted by Crippen LogP contribution is -2.28. The predicted octanol–water partition coefficient (Wildman–Crippen LogP) is 3.85. The third kappa shape index (κ3) is 4.08. The van der Waals surface area contributed by atoms with E-state index in [9.17, 15) is 8.78 Å². The van der Waals surface area contributed by atoms with Crippen molar-refractivity contribution in [1.29, 1.82) is 0 Å². The Morgan fingerprint density at radius 2 is 1.94 bits per heavy atom. The smallest absolute Gasteiger partial charge is 0.162 e. The summed E-state index contributed by atoms with van der Waals surface area (Å²) in [6.45, 7) is 7.07. The summed E-state index contributed by atoms with van der Waals surface area (Å²) in [6, 6.07) is 4.70. The normalized spacial score (nSPS) is 14.6. The van der Waals surface area contributed by atoms with E-state index >= 15 is 0 Å². The van der Waals surface area contributed by atoms with Crippen molar-refractivity contribution in [3.8, 4) is 0 Å². The summed E-state index contributed by atoms with van der Waals surface area (Å²) < 4.78 is 26.6. The van der Waals surface area contributed by atoms with Gasteiger partial charge in [0.05, 0.1) is 0 Å². The van der Waals surface area contributed by atoms with Crippen molar-refractivity contribution in [2.24, 2.45) is 0 Å². The number of halogens is 2. The van der Waals surface area contributed by atoms with E-state index in [1.807, 2.05) is 6.92 Å². The van der Waals surface area contributed by atoms with E-state index in [1.54, 1.807) is 12.1 Å². The van der Waals surface area contributed by atoms with Crippen LogP contribution in [0, 0.1) is 11.6 Å². The molecule has 0 aliphatic carbocycles. The lowest BCUT2D eigenvalue weighted by atomic mass is 9.94. The summed E-state index contributed by atoms with van der Waals surface area (Å²) in [5.74, 6) is -1.45. The average molecular weight is 241 g/mol. The zero-order valence-electron chi connectivity index (χ0n) is 10.8. The quantitative estimate of drug-likeness (QED) is 0.797. The maximum Gasteiger partial charge on any atom is 0.162 e. The van der Waals surface area contributed by atoms with Crippen LogP contribution in [0.2, 0.25) is 0 Å². The molecule has 0 fully saturated rings. The third-order valence-electron chi connectivity index (χ3n) is 2.96.